The molecule has 44 heavy (non-hydrogen) atoms. The van der Waals surface area contributed by atoms with Gasteiger partial charge in [0, 0.05) is 5.56 Å². The Balaban J connectivity index is 1.39. The Morgan fingerprint density at radius 1 is 0.864 bits per heavy atom. The van der Waals surface area contributed by atoms with Gasteiger partial charge in [-0.3, -0.25) is 14.9 Å². The summed E-state index contributed by atoms with van der Waals surface area (Å²) in [6.45, 7) is 4.25. The fourth-order valence-electron chi connectivity index (χ4n) is 4.66. The number of ether oxygens (including phenoxy) is 3. The lowest BCUT2D eigenvalue weighted by molar-refractivity contribution is -0.122. The van der Waals surface area contributed by atoms with Crippen LogP contribution in [0.2, 0.25) is 0 Å². The number of amides is 4. The average molecular weight is 593 g/mol. The van der Waals surface area contributed by atoms with E-state index < -0.39 is 17.8 Å². The van der Waals surface area contributed by atoms with Crippen molar-refractivity contribution >= 4 is 29.6 Å². The highest BCUT2D eigenvalue weighted by molar-refractivity contribution is 6.39. The number of rotatable bonds is 11. The van der Waals surface area contributed by atoms with Crippen molar-refractivity contribution in [3.8, 4) is 17.2 Å². The maximum atomic E-state index is 13.7. The van der Waals surface area contributed by atoms with E-state index in [9.17, 15) is 18.8 Å². The molecule has 0 unspecified atom stereocenters. The summed E-state index contributed by atoms with van der Waals surface area (Å²) >= 11 is 0. The van der Waals surface area contributed by atoms with Crippen LogP contribution in [0.3, 0.4) is 0 Å². The van der Waals surface area contributed by atoms with Gasteiger partial charge in [-0.2, -0.15) is 0 Å². The molecule has 0 aliphatic carbocycles. The third kappa shape index (κ3) is 6.84. The number of methoxy groups -OCH3 is 1. The van der Waals surface area contributed by atoms with Gasteiger partial charge in [0.2, 0.25) is 0 Å². The van der Waals surface area contributed by atoms with Gasteiger partial charge in [0.25, 0.3) is 11.8 Å². The summed E-state index contributed by atoms with van der Waals surface area (Å²) in [7, 11) is 1.46. The zero-order valence-corrected chi connectivity index (χ0v) is 23.9. The zero-order chi connectivity index (χ0) is 31.1. The van der Waals surface area contributed by atoms with Crippen LogP contribution in [-0.4, -0.2) is 25.0 Å². The van der Waals surface area contributed by atoms with E-state index in [1.54, 1.807) is 54.6 Å². The fraction of sp³-hybridized carbons (Fsp3) is 0.114. The molecule has 4 aromatic rings. The Morgan fingerprint density at radius 3 is 2.30 bits per heavy atom. The summed E-state index contributed by atoms with van der Waals surface area (Å²) in [6.07, 6.45) is 3.45. The molecule has 1 aliphatic rings. The molecule has 8 nitrogen and oxygen atoms in total. The lowest BCUT2D eigenvalue weighted by Gasteiger charge is -2.26. The second-order valence-electron chi connectivity index (χ2n) is 9.85. The summed E-state index contributed by atoms with van der Waals surface area (Å²) in [4.78, 5) is 40.0. The van der Waals surface area contributed by atoms with Crippen LogP contribution in [0, 0.1) is 5.82 Å². The first-order chi connectivity index (χ1) is 21.4. The molecule has 1 heterocycles. The van der Waals surface area contributed by atoms with Crippen molar-refractivity contribution < 1.29 is 33.0 Å². The maximum absolute atomic E-state index is 13.7. The number of carbonyl (C=O) groups excluding carboxylic acids is 3. The zero-order valence-electron chi connectivity index (χ0n) is 23.9. The molecule has 4 aromatic carbocycles. The van der Waals surface area contributed by atoms with Crippen LogP contribution in [0.4, 0.5) is 14.9 Å². The molecular weight excluding hydrogens is 563 g/mol. The molecule has 0 saturated carbocycles. The largest absolute Gasteiger partial charge is 0.493 e. The normalized spacial score (nSPS) is 13.9. The first-order valence-electron chi connectivity index (χ1n) is 13.7. The Hall–Kier alpha value is -5.70. The summed E-state index contributed by atoms with van der Waals surface area (Å²) in [5.41, 5.74) is 2.79. The fourth-order valence-corrected chi connectivity index (χ4v) is 4.66. The third-order valence-electron chi connectivity index (χ3n) is 6.77. The molecule has 0 bridgehead atoms. The van der Waals surface area contributed by atoms with Crippen molar-refractivity contribution in [3.63, 3.8) is 0 Å². The Bertz CT molecular complexity index is 1730. The maximum Gasteiger partial charge on any atom is 0.335 e. The van der Waals surface area contributed by atoms with Crippen molar-refractivity contribution in [2.45, 2.75) is 19.6 Å². The first kappa shape index (κ1) is 29.8. The number of allylic oxidation sites excluding steroid dienone is 1. The summed E-state index contributed by atoms with van der Waals surface area (Å²) in [5, 5.41) is 2.24. The summed E-state index contributed by atoms with van der Waals surface area (Å²) in [5.74, 6) is -0.667. The first-order valence-corrected chi connectivity index (χ1v) is 13.7. The van der Waals surface area contributed by atoms with Crippen LogP contribution in [0.5, 0.6) is 17.2 Å². The highest BCUT2D eigenvalue weighted by Gasteiger charge is 2.37. The Labute approximate surface area is 254 Å². The van der Waals surface area contributed by atoms with E-state index in [0.717, 1.165) is 10.5 Å². The van der Waals surface area contributed by atoms with Crippen molar-refractivity contribution in [1.82, 2.24) is 5.32 Å². The minimum absolute atomic E-state index is 0.0900. The van der Waals surface area contributed by atoms with Gasteiger partial charge in [0.15, 0.2) is 11.5 Å². The number of halogens is 1. The number of urea groups is 1. The number of hydrogen-bond acceptors (Lipinski definition) is 6. The molecule has 5 rings (SSSR count). The van der Waals surface area contributed by atoms with Crippen molar-refractivity contribution in [2.75, 3.05) is 12.0 Å². The molecule has 0 radical (unpaired) electrons. The van der Waals surface area contributed by atoms with Crippen LogP contribution in [0.1, 0.15) is 22.3 Å². The predicted octanol–water partition coefficient (Wildman–Crippen LogP) is 6.39. The van der Waals surface area contributed by atoms with Gasteiger partial charge in [-0.05, 0) is 77.7 Å². The highest BCUT2D eigenvalue weighted by atomic mass is 19.1. The monoisotopic (exact) mass is 592 g/mol. The molecular formula is C35H29FN2O6. The topological polar surface area (TPSA) is 94.2 Å². The van der Waals surface area contributed by atoms with Gasteiger partial charge >= 0.3 is 6.03 Å². The van der Waals surface area contributed by atoms with E-state index in [1.165, 1.54) is 25.3 Å². The standard InChI is InChI=1S/C35H29FN2O6/c1-3-8-26-17-25(20-31(42-2)32(26)44-22-24-11-7-12-27(36)18-24)19-30-33(39)37-35(41)38(34(30)40)28-13-15-29(16-14-28)43-21-23-9-5-4-6-10-23/h3-7,9-20H,1,8,21-22H2,2H3,(H,37,39,41)/b30-19+. The summed E-state index contributed by atoms with van der Waals surface area (Å²) < 4.78 is 31.0. The minimum atomic E-state index is -0.860. The van der Waals surface area contributed by atoms with Crippen LogP contribution in [0.25, 0.3) is 6.08 Å². The molecule has 0 spiro atoms. The number of imide groups is 2. The van der Waals surface area contributed by atoms with Gasteiger partial charge in [-0.15, -0.1) is 6.58 Å². The Kier molecular flexibility index (Phi) is 9.15. The number of nitrogens with one attached hydrogen (secondary N) is 1. The van der Waals surface area contributed by atoms with Crippen molar-refractivity contribution in [3.05, 3.63) is 137 Å². The van der Waals surface area contributed by atoms with E-state index >= 15 is 0 Å². The Morgan fingerprint density at radius 2 is 1.59 bits per heavy atom. The van der Waals surface area contributed by atoms with Crippen LogP contribution >= 0.6 is 0 Å². The van der Waals surface area contributed by atoms with E-state index in [2.05, 4.69) is 11.9 Å². The third-order valence-corrected chi connectivity index (χ3v) is 6.77. The number of barbiturate groups is 1. The van der Waals surface area contributed by atoms with Crippen LogP contribution < -0.4 is 24.4 Å². The summed E-state index contributed by atoms with van der Waals surface area (Å²) in [6, 6.07) is 24.6. The van der Waals surface area contributed by atoms with Gasteiger partial charge in [0.05, 0.1) is 12.8 Å². The second kappa shape index (κ2) is 13.5. The number of anilines is 1. The number of nitrogens with zero attached hydrogens (tertiary/aromatic N) is 1. The molecule has 0 aromatic heterocycles. The predicted molar refractivity (Wildman–Crippen MR) is 164 cm³/mol. The highest BCUT2D eigenvalue weighted by Crippen LogP contribution is 2.35. The van der Waals surface area contributed by atoms with E-state index in [-0.39, 0.29) is 23.7 Å². The quantitative estimate of drug-likeness (QED) is 0.123. The molecule has 0 atom stereocenters. The second-order valence-corrected chi connectivity index (χ2v) is 9.85. The van der Waals surface area contributed by atoms with Gasteiger partial charge in [0.1, 0.15) is 30.4 Å². The number of benzene rings is 4. The van der Waals surface area contributed by atoms with Crippen molar-refractivity contribution in [1.29, 1.82) is 0 Å². The van der Waals surface area contributed by atoms with Gasteiger partial charge in [-0.1, -0.05) is 48.5 Å². The lowest BCUT2D eigenvalue weighted by Crippen LogP contribution is -2.54. The molecule has 222 valence electrons. The molecule has 1 aliphatic heterocycles. The van der Waals surface area contributed by atoms with E-state index in [0.29, 0.717) is 47.0 Å². The van der Waals surface area contributed by atoms with E-state index in [1.807, 2.05) is 30.3 Å². The van der Waals surface area contributed by atoms with Gasteiger partial charge < -0.3 is 14.2 Å². The molecule has 9 heteroatoms. The number of carbonyl (C=O) groups is 3. The molecule has 4 amide bonds. The smallest absolute Gasteiger partial charge is 0.335 e. The van der Waals surface area contributed by atoms with Crippen molar-refractivity contribution in [2.24, 2.45) is 0 Å². The average Bonchev–Trinajstić information content (AvgIpc) is 3.02. The molecule has 1 fully saturated rings. The van der Waals surface area contributed by atoms with Crippen LogP contribution in [0.15, 0.2) is 109 Å². The SMILES string of the molecule is C=CCc1cc(/C=C2\C(=O)NC(=O)N(c3ccc(OCc4ccccc4)cc3)C2=O)cc(OC)c1OCc1cccc(F)c1. The van der Waals surface area contributed by atoms with Gasteiger partial charge in [-0.25, -0.2) is 14.1 Å². The molecule has 1 saturated heterocycles. The van der Waals surface area contributed by atoms with E-state index in [4.69, 9.17) is 14.2 Å². The lowest BCUT2D eigenvalue weighted by atomic mass is 10.0. The number of hydrogen-bond donors (Lipinski definition) is 1. The van der Waals surface area contributed by atoms with Crippen LogP contribution in [-0.2, 0) is 29.2 Å². The molecule has 1 N–H and O–H groups in total. The minimum Gasteiger partial charge on any atom is -0.493 e.